The van der Waals surface area contributed by atoms with Gasteiger partial charge in [0.1, 0.15) is 29.8 Å². The van der Waals surface area contributed by atoms with E-state index in [2.05, 4.69) is 24.8 Å². The second-order valence-electron chi connectivity index (χ2n) is 12.3. The first-order valence-electron chi connectivity index (χ1n) is 14.8. The molecule has 1 aromatic carbocycles. The van der Waals surface area contributed by atoms with Gasteiger partial charge in [0.15, 0.2) is 5.82 Å². The van der Waals surface area contributed by atoms with Crippen molar-refractivity contribution >= 4 is 27.6 Å². The molecule has 4 aromatic rings. The van der Waals surface area contributed by atoms with Gasteiger partial charge in [-0.05, 0) is 62.7 Å². The number of H-pyrrole nitrogens is 1. The number of hydrogen-bond donors (Lipinski definition) is 1. The van der Waals surface area contributed by atoms with Crippen molar-refractivity contribution in [3.63, 3.8) is 0 Å². The van der Waals surface area contributed by atoms with Gasteiger partial charge in [0.2, 0.25) is 0 Å². The standard InChI is InChI=1S/C31H32F2N6O3/c1-17-3-6-24-18(9-17)10-22(29(40)35-24)26-25(33)27-23(12-34-26)28(38-14-20-4-5-21(15-38)42-20)37-30(36-27)41-16-31-7-2-8-39(31)13-19(32)11-31/h3,6,9-10,12,19-21H,2,4-5,7-8,11,13-16H2,1H3,(H,35,40)/t19-,20?,21?,31+/m1/s1. The number of aromatic nitrogens is 4. The first-order chi connectivity index (χ1) is 20.3. The number of pyridine rings is 2. The summed E-state index contributed by atoms with van der Waals surface area (Å²) >= 11 is 0. The highest BCUT2D eigenvalue weighted by Crippen LogP contribution is 2.41. The molecule has 4 fully saturated rings. The van der Waals surface area contributed by atoms with Crippen LogP contribution in [0, 0.1) is 12.7 Å². The number of ether oxygens (including phenoxy) is 2. The Kier molecular flexibility index (Phi) is 5.98. The van der Waals surface area contributed by atoms with Gasteiger partial charge in [0, 0.05) is 37.8 Å². The molecule has 42 heavy (non-hydrogen) atoms. The van der Waals surface area contributed by atoms with Crippen LogP contribution < -0.4 is 15.2 Å². The Morgan fingerprint density at radius 1 is 1.17 bits per heavy atom. The molecule has 8 rings (SSSR count). The summed E-state index contributed by atoms with van der Waals surface area (Å²) in [6, 6.07) is 7.38. The lowest BCUT2D eigenvalue weighted by Gasteiger charge is -2.34. The highest BCUT2D eigenvalue weighted by atomic mass is 19.1. The van der Waals surface area contributed by atoms with Crippen LogP contribution in [0.3, 0.4) is 0 Å². The lowest BCUT2D eigenvalue weighted by Crippen LogP contribution is -2.44. The van der Waals surface area contributed by atoms with Crippen molar-refractivity contribution in [1.29, 1.82) is 0 Å². The zero-order chi connectivity index (χ0) is 28.6. The summed E-state index contributed by atoms with van der Waals surface area (Å²) in [6.45, 7) is 4.68. The zero-order valence-corrected chi connectivity index (χ0v) is 23.4. The number of benzene rings is 1. The van der Waals surface area contributed by atoms with Gasteiger partial charge in [0.25, 0.3) is 5.56 Å². The van der Waals surface area contributed by atoms with Crippen LogP contribution in [0.4, 0.5) is 14.6 Å². The molecule has 7 heterocycles. The van der Waals surface area contributed by atoms with Crippen molar-refractivity contribution in [3.8, 4) is 17.3 Å². The van der Waals surface area contributed by atoms with Gasteiger partial charge in [-0.2, -0.15) is 9.97 Å². The number of anilines is 1. The molecule has 0 saturated carbocycles. The number of aromatic amines is 1. The van der Waals surface area contributed by atoms with E-state index in [0.717, 1.165) is 43.2 Å². The van der Waals surface area contributed by atoms with Crippen LogP contribution in [-0.4, -0.2) is 81.5 Å². The molecule has 1 N–H and O–H groups in total. The molecule has 4 saturated heterocycles. The monoisotopic (exact) mass is 574 g/mol. The van der Waals surface area contributed by atoms with Crippen LogP contribution in [0.2, 0.25) is 0 Å². The maximum atomic E-state index is 16.5. The van der Waals surface area contributed by atoms with Crippen LogP contribution in [0.1, 0.15) is 37.7 Å². The fraction of sp³-hybridized carbons (Fsp3) is 0.484. The molecule has 4 aliphatic rings. The van der Waals surface area contributed by atoms with E-state index in [1.54, 1.807) is 12.3 Å². The number of fused-ring (bicyclic) bond motifs is 5. The second kappa shape index (κ2) is 9.67. The zero-order valence-electron chi connectivity index (χ0n) is 23.4. The third-order valence-corrected chi connectivity index (χ3v) is 9.47. The van der Waals surface area contributed by atoms with E-state index in [0.29, 0.717) is 42.8 Å². The molecule has 9 nitrogen and oxygen atoms in total. The lowest BCUT2D eigenvalue weighted by molar-refractivity contribution is 0.0302. The van der Waals surface area contributed by atoms with Crippen molar-refractivity contribution < 1.29 is 18.3 Å². The van der Waals surface area contributed by atoms with E-state index in [-0.39, 0.29) is 41.6 Å². The van der Waals surface area contributed by atoms with E-state index in [4.69, 9.17) is 14.5 Å². The summed E-state index contributed by atoms with van der Waals surface area (Å²) in [5.74, 6) is -0.174. The van der Waals surface area contributed by atoms with Gasteiger partial charge in [-0.15, -0.1) is 0 Å². The van der Waals surface area contributed by atoms with Gasteiger partial charge < -0.3 is 19.4 Å². The van der Waals surface area contributed by atoms with Crippen LogP contribution >= 0.6 is 0 Å². The van der Waals surface area contributed by atoms with Crippen molar-refractivity contribution in [2.45, 2.75) is 62.9 Å². The smallest absolute Gasteiger partial charge is 0.319 e. The Morgan fingerprint density at radius 2 is 2.00 bits per heavy atom. The first-order valence-corrected chi connectivity index (χ1v) is 14.8. The fourth-order valence-electron chi connectivity index (χ4n) is 7.45. The number of nitrogens with one attached hydrogen (secondary N) is 1. The predicted molar refractivity (Wildman–Crippen MR) is 154 cm³/mol. The van der Waals surface area contributed by atoms with Crippen LogP contribution in [0.15, 0.2) is 35.3 Å². The third-order valence-electron chi connectivity index (χ3n) is 9.47. The lowest BCUT2D eigenvalue weighted by atomic mass is 9.95. The predicted octanol–water partition coefficient (Wildman–Crippen LogP) is 4.30. The Hall–Kier alpha value is -3.70. The van der Waals surface area contributed by atoms with Gasteiger partial charge in [-0.1, -0.05) is 11.6 Å². The molecule has 2 bridgehead atoms. The average Bonchev–Trinajstić information content (AvgIpc) is 3.62. The normalized spacial score (nSPS) is 27.3. The van der Waals surface area contributed by atoms with Gasteiger partial charge in [0.05, 0.1) is 28.7 Å². The number of hydrogen-bond acceptors (Lipinski definition) is 8. The van der Waals surface area contributed by atoms with E-state index in [9.17, 15) is 9.18 Å². The van der Waals surface area contributed by atoms with E-state index < -0.39 is 23.1 Å². The number of alkyl halides is 1. The third kappa shape index (κ3) is 4.24. The molecule has 4 aliphatic heterocycles. The minimum Gasteiger partial charge on any atom is -0.461 e. The molecular formula is C31H32F2N6O3. The maximum absolute atomic E-state index is 16.5. The van der Waals surface area contributed by atoms with Gasteiger partial charge in [-0.25, -0.2) is 8.78 Å². The van der Waals surface area contributed by atoms with Crippen LogP contribution in [0.25, 0.3) is 33.1 Å². The van der Waals surface area contributed by atoms with E-state index in [1.165, 1.54) is 0 Å². The largest absolute Gasteiger partial charge is 0.461 e. The number of aryl methyl sites for hydroxylation is 1. The summed E-state index contributed by atoms with van der Waals surface area (Å²) in [5.41, 5.74) is 0.942. The summed E-state index contributed by atoms with van der Waals surface area (Å²) in [6.07, 6.45) is 5.00. The summed E-state index contributed by atoms with van der Waals surface area (Å²) in [5, 5.41) is 1.23. The molecule has 11 heteroatoms. The molecule has 2 unspecified atom stereocenters. The Morgan fingerprint density at radius 3 is 2.83 bits per heavy atom. The molecule has 0 amide bonds. The number of rotatable bonds is 5. The molecule has 0 radical (unpaired) electrons. The molecule has 0 spiro atoms. The van der Waals surface area contributed by atoms with E-state index in [1.807, 2.05) is 25.1 Å². The van der Waals surface area contributed by atoms with Crippen LogP contribution in [0.5, 0.6) is 6.01 Å². The summed E-state index contributed by atoms with van der Waals surface area (Å²) in [7, 11) is 0. The minimum absolute atomic E-state index is 0.0400. The van der Waals surface area contributed by atoms with Crippen molar-refractivity contribution in [1.82, 2.24) is 24.8 Å². The highest BCUT2D eigenvalue weighted by Gasteiger charge is 2.49. The first kappa shape index (κ1) is 26.0. The van der Waals surface area contributed by atoms with Gasteiger partial charge >= 0.3 is 6.01 Å². The molecule has 3 aromatic heterocycles. The SMILES string of the molecule is Cc1ccc2[nH]c(=O)c(-c3ncc4c(N5CC6CCC(C5)O6)nc(OC[C@@]56CCCN5C[C@H](F)C6)nc4c3F)cc2c1. The fourth-order valence-corrected chi connectivity index (χ4v) is 7.45. The Balaban J connectivity index is 1.23. The molecule has 218 valence electrons. The number of halogens is 2. The van der Waals surface area contributed by atoms with E-state index >= 15 is 4.39 Å². The highest BCUT2D eigenvalue weighted by molar-refractivity contribution is 5.93. The molecular weight excluding hydrogens is 542 g/mol. The summed E-state index contributed by atoms with van der Waals surface area (Å²) < 4.78 is 43.1. The maximum Gasteiger partial charge on any atom is 0.319 e. The second-order valence-corrected chi connectivity index (χ2v) is 12.3. The van der Waals surface area contributed by atoms with Crippen molar-refractivity contribution in [3.05, 3.63) is 52.2 Å². The van der Waals surface area contributed by atoms with Crippen LogP contribution in [-0.2, 0) is 4.74 Å². The van der Waals surface area contributed by atoms with Crippen molar-refractivity contribution in [2.24, 2.45) is 0 Å². The molecule has 0 aliphatic carbocycles. The topological polar surface area (TPSA) is 96.5 Å². The minimum atomic E-state index is -0.888. The molecule has 4 atom stereocenters. The quantitative estimate of drug-likeness (QED) is 0.377. The summed E-state index contributed by atoms with van der Waals surface area (Å²) in [4.78, 5) is 33.9. The van der Waals surface area contributed by atoms with Gasteiger partial charge in [-0.3, -0.25) is 14.7 Å². The average molecular weight is 575 g/mol. The number of nitrogens with zero attached hydrogens (tertiary/aromatic N) is 5. The van der Waals surface area contributed by atoms with Crippen molar-refractivity contribution in [2.75, 3.05) is 37.7 Å². The number of morpholine rings is 1. The Labute approximate surface area is 240 Å². The Bertz CT molecular complexity index is 1770.